The zero-order chi connectivity index (χ0) is 14.8. The number of halogens is 1. The van der Waals surface area contributed by atoms with Gasteiger partial charge in [0.15, 0.2) is 0 Å². The fourth-order valence-electron chi connectivity index (χ4n) is 2.97. The van der Waals surface area contributed by atoms with Gasteiger partial charge in [0.05, 0.1) is 6.54 Å². The van der Waals surface area contributed by atoms with Crippen molar-refractivity contribution in [1.82, 2.24) is 19.8 Å². The van der Waals surface area contributed by atoms with E-state index in [1.807, 2.05) is 11.4 Å². The summed E-state index contributed by atoms with van der Waals surface area (Å²) >= 11 is 7.86. The Morgan fingerprint density at radius 3 is 2.81 bits per heavy atom. The zero-order valence-electron chi connectivity index (χ0n) is 12.5. The molecule has 1 fully saturated rings. The van der Waals surface area contributed by atoms with Crippen LogP contribution in [0.2, 0.25) is 5.15 Å². The highest BCUT2D eigenvalue weighted by Crippen LogP contribution is 2.25. The molecule has 114 valence electrons. The first kappa shape index (κ1) is 15.2. The molecule has 6 heteroatoms. The van der Waals surface area contributed by atoms with Crippen LogP contribution in [0.15, 0.2) is 11.4 Å². The smallest absolute Gasteiger partial charge is 0.145 e. The highest BCUT2D eigenvalue weighted by molar-refractivity contribution is 7.16. The molecule has 0 aromatic carbocycles. The lowest BCUT2D eigenvalue weighted by Crippen LogP contribution is -2.37. The van der Waals surface area contributed by atoms with Gasteiger partial charge in [0.2, 0.25) is 0 Å². The normalized spacial score (nSPS) is 17.9. The molecule has 2 aromatic heterocycles. The molecule has 21 heavy (non-hydrogen) atoms. The van der Waals surface area contributed by atoms with E-state index in [0.717, 1.165) is 41.6 Å². The Bertz CT molecular complexity index is 605. The van der Waals surface area contributed by atoms with Crippen LogP contribution in [0.5, 0.6) is 0 Å². The van der Waals surface area contributed by atoms with E-state index < -0.39 is 0 Å². The fourth-order valence-corrected chi connectivity index (χ4v) is 4.06. The van der Waals surface area contributed by atoms with Gasteiger partial charge in [0.1, 0.15) is 15.8 Å². The van der Waals surface area contributed by atoms with Crippen LogP contribution in [0.1, 0.15) is 18.7 Å². The number of piperidine rings is 1. The maximum absolute atomic E-state index is 6.23. The average molecular weight is 325 g/mol. The van der Waals surface area contributed by atoms with Gasteiger partial charge in [0.25, 0.3) is 0 Å². The quantitative estimate of drug-likeness (QED) is 0.809. The van der Waals surface area contributed by atoms with Gasteiger partial charge in [-0.05, 0) is 57.4 Å². The van der Waals surface area contributed by atoms with Crippen LogP contribution < -0.4 is 0 Å². The van der Waals surface area contributed by atoms with Crippen LogP contribution >= 0.6 is 22.9 Å². The summed E-state index contributed by atoms with van der Waals surface area (Å²) in [6, 6.07) is 1.98. The van der Waals surface area contributed by atoms with E-state index in [0.29, 0.717) is 5.15 Å². The van der Waals surface area contributed by atoms with Gasteiger partial charge in [0, 0.05) is 11.9 Å². The molecule has 4 nitrogen and oxygen atoms in total. The van der Waals surface area contributed by atoms with Gasteiger partial charge in [-0.15, -0.1) is 11.3 Å². The molecule has 0 spiro atoms. The van der Waals surface area contributed by atoms with Crippen molar-refractivity contribution in [3.05, 3.63) is 22.4 Å². The Kier molecular flexibility index (Phi) is 4.74. The summed E-state index contributed by atoms with van der Waals surface area (Å²) in [7, 11) is 4.30. The third kappa shape index (κ3) is 3.72. The summed E-state index contributed by atoms with van der Waals surface area (Å²) in [6.07, 6.45) is 2.51. The zero-order valence-corrected chi connectivity index (χ0v) is 14.1. The first-order valence-electron chi connectivity index (χ1n) is 7.38. The minimum Gasteiger partial charge on any atom is -0.309 e. The molecule has 0 bridgehead atoms. The van der Waals surface area contributed by atoms with E-state index >= 15 is 0 Å². The minimum absolute atomic E-state index is 0.582. The monoisotopic (exact) mass is 324 g/mol. The lowest BCUT2D eigenvalue weighted by molar-refractivity contribution is 0.154. The van der Waals surface area contributed by atoms with Gasteiger partial charge in [-0.3, -0.25) is 4.90 Å². The minimum atomic E-state index is 0.582. The van der Waals surface area contributed by atoms with Gasteiger partial charge in [-0.2, -0.15) is 0 Å². The second kappa shape index (κ2) is 6.57. The van der Waals surface area contributed by atoms with Gasteiger partial charge in [-0.1, -0.05) is 11.6 Å². The maximum Gasteiger partial charge on any atom is 0.145 e. The van der Waals surface area contributed by atoms with Crippen LogP contribution in [-0.2, 0) is 6.54 Å². The van der Waals surface area contributed by atoms with Crippen molar-refractivity contribution in [1.29, 1.82) is 0 Å². The average Bonchev–Trinajstić information content (AvgIpc) is 2.89. The Balaban J connectivity index is 1.61. The van der Waals surface area contributed by atoms with E-state index in [-0.39, 0.29) is 0 Å². The Hall–Kier alpha value is -0.750. The standard InChI is InChI=1S/C15H21ClN4S/c1-19(2)9-11-3-6-20(7-4-11)10-13-17-14(16)12-5-8-21-15(12)18-13/h5,8,11H,3-4,6-7,9-10H2,1-2H3. The Labute approximate surface area is 134 Å². The van der Waals surface area contributed by atoms with Crippen molar-refractivity contribution in [2.24, 2.45) is 5.92 Å². The van der Waals surface area contributed by atoms with Gasteiger partial charge in [-0.25, -0.2) is 9.97 Å². The number of likely N-dealkylation sites (tertiary alicyclic amines) is 1. The highest BCUT2D eigenvalue weighted by atomic mass is 35.5. The van der Waals surface area contributed by atoms with E-state index in [4.69, 9.17) is 11.6 Å². The molecule has 3 rings (SSSR count). The molecule has 3 heterocycles. The first-order valence-corrected chi connectivity index (χ1v) is 8.64. The van der Waals surface area contributed by atoms with Crippen LogP contribution in [0.25, 0.3) is 10.2 Å². The lowest BCUT2D eigenvalue weighted by Gasteiger charge is -2.32. The summed E-state index contributed by atoms with van der Waals surface area (Å²) in [5.41, 5.74) is 0. The number of fused-ring (bicyclic) bond motifs is 1. The second-order valence-electron chi connectivity index (χ2n) is 6.05. The number of rotatable bonds is 4. The molecule has 1 aliphatic heterocycles. The second-order valence-corrected chi connectivity index (χ2v) is 7.30. The molecule has 0 N–H and O–H groups in total. The van der Waals surface area contributed by atoms with Crippen molar-refractivity contribution < 1.29 is 0 Å². The van der Waals surface area contributed by atoms with Crippen molar-refractivity contribution in [2.75, 3.05) is 33.7 Å². The van der Waals surface area contributed by atoms with Crippen molar-refractivity contribution in [2.45, 2.75) is 19.4 Å². The molecule has 0 aliphatic carbocycles. The predicted octanol–water partition coefficient (Wildman–Crippen LogP) is 3.12. The topological polar surface area (TPSA) is 32.3 Å². The summed E-state index contributed by atoms with van der Waals surface area (Å²) < 4.78 is 0. The fraction of sp³-hybridized carbons (Fsp3) is 0.600. The summed E-state index contributed by atoms with van der Waals surface area (Å²) in [5.74, 6) is 1.67. The molecule has 0 unspecified atom stereocenters. The number of hydrogen-bond acceptors (Lipinski definition) is 5. The van der Waals surface area contributed by atoms with Crippen LogP contribution in [0.4, 0.5) is 0 Å². The highest BCUT2D eigenvalue weighted by Gasteiger charge is 2.20. The number of hydrogen-bond donors (Lipinski definition) is 0. The summed E-state index contributed by atoms with van der Waals surface area (Å²) in [6.45, 7) is 4.25. The molecule has 2 aromatic rings. The maximum atomic E-state index is 6.23. The number of aromatic nitrogens is 2. The van der Waals surface area contributed by atoms with E-state index in [1.54, 1.807) is 11.3 Å². The lowest BCUT2D eigenvalue weighted by atomic mass is 9.96. The Morgan fingerprint density at radius 2 is 2.10 bits per heavy atom. The molecule has 1 saturated heterocycles. The summed E-state index contributed by atoms with van der Waals surface area (Å²) in [4.78, 5) is 14.8. The largest absolute Gasteiger partial charge is 0.309 e. The molecule has 0 atom stereocenters. The molecular weight excluding hydrogens is 304 g/mol. The van der Waals surface area contributed by atoms with Gasteiger partial charge < -0.3 is 4.90 Å². The molecule has 1 aliphatic rings. The number of nitrogens with zero attached hydrogens (tertiary/aromatic N) is 4. The van der Waals surface area contributed by atoms with Gasteiger partial charge >= 0.3 is 0 Å². The molecule has 0 amide bonds. The predicted molar refractivity (Wildman–Crippen MR) is 89.0 cm³/mol. The molecule has 0 saturated carbocycles. The Morgan fingerprint density at radius 1 is 1.33 bits per heavy atom. The third-order valence-corrected chi connectivity index (χ3v) is 5.12. The van der Waals surface area contributed by atoms with Crippen LogP contribution in [0.3, 0.4) is 0 Å². The third-order valence-electron chi connectivity index (χ3n) is 4.02. The molecule has 0 radical (unpaired) electrons. The SMILES string of the molecule is CN(C)CC1CCN(Cc2nc(Cl)c3ccsc3n2)CC1. The number of thiophene rings is 1. The summed E-state index contributed by atoms with van der Waals surface area (Å²) in [5, 5.41) is 3.57. The van der Waals surface area contributed by atoms with Crippen LogP contribution in [0, 0.1) is 5.92 Å². The van der Waals surface area contributed by atoms with E-state index in [2.05, 4.69) is 33.9 Å². The van der Waals surface area contributed by atoms with Crippen LogP contribution in [-0.4, -0.2) is 53.5 Å². The van der Waals surface area contributed by atoms with Crippen molar-refractivity contribution >= 4 is 33.2 Å². The first-order chi connectivity index (χ1) is 10.1. The van der Waals surface area contributed by atoms with E-state index in [1.165, 1.54) is 19.4 Å². The van der Waals surface area contributed by atoms with Crippen molar-refractivity contribution in [3.63, 3.8) is 0 Å². The molecular formula is C15H21ClN4S. The van der Waals surface area contributed by atoms with Crippen molar-refractivity contribution in [3.8, 4) is 0 Å². The van der Waals surface area contributed by atoms with E-state index in [9.17, 15) is 0 Å².